The van der Waals surface area contributed by atoms with Crippen LogP contribution in [0.25, 0.3) is 0 Å². The number of nitrogens with one attached hydrogen (secondary N) is 1. The fraction of sp³-hybridized carbons (Fsp3) is 0.278. The lowest BCUT2D eigenvalue weighted by Crippen LogP contribution is -2.39. The summed E-state index contributed by atoms with van der Waals surface area (Å²) in [6, 6.07) is 17.5. The lowest BCUT2D eigenvalue weighted by atomic mass is 10.1. The zero-order valence-corrected chi connectivity index (χ0v) is 13.1. The van der Waals surface area contributed by atoms with Crippen molar-refractivity contribution in [3.63, 3.8) is 0 Å². The van der Waals surface area contributed by atoms with Crippen LogP contribution < -0.4 is 5.32 Å². The summed E-state index contributed by atoms with van der Waals surface area (Å²) in [6.07, 6.45) is 1.96. The molecule has 0 radical (unpaired) electrons. The Morgan fingerprint density at radius 1 is 1.18 bits per heavy atom. The Morgan fingerprint density at radius 2 is 2.00 bits per heavy atom. The van der Waals surface area contributed by atoms with Gasteiger partial charge in [0, 0.05) is 17.3 Å². The van der Waals surface area contributed by atoms with Crippen LogP contribution >= 0.6 is 11.6 Å². The maximum atomic E-state index is 12.5. The zero-order valence-electron chi connectivity index (χ0n) is 12.3. The number of rotatable bonds is 4. The van der Waals surface area contributed by atoms with E-state index < -0.39 is 0 Å². The van der Waals surface area contributed by atoms with Gasteiger partial charge in [-0.2, -0.15) is 0 Å². The summed E-state index contributed by atoms with van der Waals surface area (Å²) >= 11 is 5.96. The third kappa shape index (κ3) is 3.67. The molecule has 1 amide bonds. The minimum atomic E-state index is -0.0702. The predicted octanol–water partition coefficient (Wildman–Crippen LogP) is 3.94. The van der Waals surface area contributed by atoms with Gasteiger partial charge in [-0.15, -0.1) is 0 Å². The van der Waals surface area contributed by atoms with Crippen molar-refractivity contribution in [2.45, 2.75) is 25.4 Å². The molecule has 3 rings (SSSR count). The molecule has 0 aromatic heterocycles. The van der Waals surface area contributed by atoms with E-state index in [1.54, 1.807) is 12.1 Å². The first kappa shape index (κ1) is 15.1. The number of likely N-dealkylation sites (tertiary alicyclic amines) is 1. The van der Waals surface area contributed by atoms with Crippen LogP contribution in [0, 0.1) is 0 Å². The topological polar surface area (TPSA) is 32.3 Å². The van der Waals surface area contributed by atoms with E-state index in [0.29, 0.717) is 5.02 Å². The van der Waals surface area contributed by atoms with Crippen molar-refractivity contribution in [2.75, 3.05) is 11.9 Å². The van der Waals surface area contributed by atoms with Crippen molar-refractivity contribution in [2.24, 2.45) is 0 Å². The summed E-state index contributed by atoms with van der Waals surface area (Å²) in [6.45, 7) is 1.77. The number of benzene rings is 2. The Morgan fingerprint density at radius 3 is 2.77 bits per heavy atom. The molecule has 1 heterocycles. The van der Waals surface area contributed by atoms with Crippen molar-refractivity contribution in [3.05, 3.63) is 65.2 Å². The molecule has 1 fully saturated rings. The number of amides is 1. The Labute approximate surface area is 135 Å². The number of hydrogen-bond donors (Lipinski definition) is 1. The highest BCUT2D eigenvalue weighted by Gasteiger charge is 2.30. The second kappa shape index (κ2) is 6.95. The van der Waals surface area contributed by atoms with Gasteiger partial charge in [0.1, 0.15) is 0 Å². The zero-order chi connectivity index (χ0) is 15.4. The van der Waals surface area contributed by atoms with Crippen LogP contribution in [0.3, 0.4) is 0 Å². The van der Waals surface area contributed by atoms with Gasteiger partial charge in [0.2, 0.25) is 5.91 Å². The minimum Gasteiger partial charge on any atom is -0.325 e. The molecule has 0 unspecified atom stereocenters. The van der Waals surface area contributed by atoms with E-state index >= 15 is 0 Å². The van der Waals surface area contributed by atoms with Crippen LogP contribution in [-0.4, -0.2) is 23.4 Å². The summed E-state index contributed by atoms with van der Waals surface area (Å²) in [7, 11) is 0. The van der Waals surface area contributed by atoms with Gasteiger partial charge in [0.05, 0.1) is 6.04 Å². The van der Waals surface area contributed by atoms with E-state index in [1.807, 2.05) is 30.3 Å². The summed E-state index contributed by atoms with van der Waals surface area (Å²) in [5.41, 5.74) is 1.99. The normalized spacial score (nSPS) is 18.3. The molecule has 2 aromatic carbocycles. The molecule has 1 atom stereocenters. The van der Waals surface area contributed by atoms with E-state index in [-0.39, 0.29) is 11.9 Å². The molecule has 0 spiro atoms. The minimum absolute atomic E-state index is 0.0516. The monoisotopic (exact) mass is 314 g/mol. The van der Waals surface area contributed by atoms with Gasteiger partial charge < -0.3 is 5.32 Å². The number of nitrogens with zero attached hydrogens (tertiary/aromatic N) is 1. The molecule has 0 bridgehead atoms. The quantitative estimate of drug-likeness (QED) is 0.927. The van der Waals surface area contributed by atoms with Crippen molar-refractivity contribution in [1.29, 1.82) is 0 Å². The smallest absolute Gasteiger partial charge is 0.241 e. The highest BCUT2D eigenvalue weighted by Crippen LogP contribution is 2.22. The molecule has 1 saturated heterocycles. The third-order valence-corrected chi connectivity index (χ3v) is 4.22. The third-order valence-electron chi connectivity index (χ3n) is 3.99. The predicted molar refractivity (Wildman–Crippen MR) is 90.0 cm³/mol. The van der Waals surface area contributed by atoms with Crippen LogP contribution in [0.2, 0.25) is 5.02 Å². The summed E-state index contributed by atoms with van der Waals surface area (Å²) in [5.74, 6) is 0.0516. The average Bonchev–Trinajstić information content (AvgIpc) is 2.96. The van der Waals surface area contributed by atoms with Crippen LogP contribution in [-0.2, 0) is 11.3 Å². The van der Waals surface area contributed by atoms with Gasteiger partial charge in [0.25, 0.3) is 0 Å². The van der Waals surface area contributed by atoms with Crippen LogP contribution in [0.5, 0.6) is 0 Å². The molecule has 2 aromatic rings. The van der Waals surface area contributed by atoms with E-state index in [9.17, 15) is 4.79 Å². The lowest BCUT2D eigenvalue weighted by molar-refractivity contribution is -0.120. The Balaban J connectivity index is 1.66. The molecule has 0 aliphatic carbocycles. The number of anilines is 1. The van der Waals surface area contributed by atoms with Crippen molar-refractivity contribution >= 4 is 23.2 Å². The Hall–Kier alpha value is -1.84. The van der Waals surface area contributed by atoms with E-state index in [1.165, 1.54) is 5.56 Å². The van der Waals surface area contributed by atoms with Crippen molar-refractivity contribution < 1.29 is 4.79 Å². The van der Waals surface area contributed by atoms with Gasteiger partial charge in [-0.3, -0.25) is 9.69 Å². The molecule has 0 saturated carbocycles. The van der Waals surface area contributed by atoms with Gasteiger partial charge in [0.15, 0.2) is 0 Å². The van der Waals surface area contributed by atoms with Crippen LogP contribution in [0.1, 0.15) is 18.4 Å². The largest absolute Gasteiger partial charge is 0.325 e. The first-order valence-corrected chi connectivity index (χ1v) is 7.94. The highest BCUT2D eigenvalue weighted by atomic mass is 35.5. The van der Waals surface area contributed by atoms with Gasteiger partial charge in [-0.1, -0.05) is 48.0 Å². The van der Waals surface area contributed by atoms with E-state index in [2.05, 4.69) is 22.3 Å². The number of carbonyl (C=O) groups is 1. The molecule has 1 aliphatic rings. The highest BCUT2D eigenvalue weighted by molar-refractivity contribution is 6.30. The molecule has 114 valence electrons. The second-order valence-electron chi connectivity index (χ2n) is 5.61. The fourth-order valence-electron chi connectivity index (χ4n) is 2.92. The standard InChI is InChI=1S/C18H19ClN2O/c19-15-8-4-9-16(12-15)20-18(22)17-10-5-11-21(17)13-14-6-2-1-3-7-14/h1-4,6-9,12,17H,5,10-11,13H2,(H,20,22)/t17-/m1/s1. The van der Waals surface area contributed by atoms with E-state index in [4.69, 9.17) is 11.6 Å². The van der Waals surface area contributed by atoms with Crippen LogP contribution in [0.15, 0.2) is 54.6 Å². The number of carbonyl (C=O) groups excluding carboxylic acids is 1. The molecular formula is C18H19ClN2O. The summed E-state index contributed by atoms with van der Waals surface area (Å²) in [4.78, 5) is 14.8. The molecule has 22 heavy (non-hydrogen) atoms. The molecular weight excluding hydrogens is 296 g/mol. The number of halogens is 1. The first-order chi connectivity index (χ1) is 10.7. The summed E-state index contributed by atoms with van der Waals surface area (Å²) < 4.78 is 0. The molecule has 3 nitrogen and oxygen atoms in total. The molecule has 1 N–H and O–H groups in total. The first-order valence-electron chi connectivity index (χ1n) is 7.57. The van der Waals surface area contributed by atoms with Crippen molar-refractivity contribution in [3.8, 4) is 0 Å². The Bertz CT molecular complexity index is 645. The molecule has 4 heteroatoms. The van der Waals surface area contributed by atoms with Gasteiger partial charge >= 0.3 is 0 Å². The SMILES string of the molecule is O=C(Nc1cccc(Cl)c1)[C@H]1CCCN1Cc1ccccc1. The van der Waals surface area contributed by atoms with Crippen molar-refractivity contribution in [1.82, 2.24) is 4.90 Å². The number of hydrogen-bond acceptors (Lipinski definition) is 2. The second-order valence-corrected chi connectivity index (χ2v) is 6.05. The lowest BCUT2D eigenvalue weighted by Gasteiger charge is -2.23. The van der Waals surface area contributed by atoms with E-state index in [0.717, 1.165) is 31.6 Å². The van der Waals surface area contributed by atoms with Gasteiger partial charge in [-0.05, 0) is 43.1 Å². The molecule has 1 aliphatic heterocycles. The Kier molecular flexibility index (Phi) is 4.76. The van der Waals surface area contributed by atoms with Crippen LogP contribution in [0.4, 0.5) is 5.69 Å². The maximum absolute atomic E-state index is 12.5. The van der Waals surface area contributed by atoms with Gasteiger partial charge in [-0.25, -0.2) is 0 Å². The summed E-state index contributed by atoms with van der Waals surface area (Å²) in [5, 5.41) is 3.61. The maximum Gasteiger partial charge on any atom is 0.241 e. The average molecular weight is 315 g/mol. The fourth-order valence-corrected chi connectivity index (χ4v) is 3.11.